The van der Waals surface area contributed by atoms with E-state index in [4.69, 9.17) is 4.74 Å². The van der Waals surface area contributed by atoms with Gasteiger partial charge in [-0.15, -0.1) is 0 Å². The van der Waals surface area contributed by atoms with Crippen molar-refractivity contribution in [1.82, 2.24) is 14.7 Å². The molecule has 2 fully saturated rings. The first-order chi connectivity index (χ1) is 11.7. The Morgan fingerprint density at radius 3 is 2.71 bits per heavy atom. The molecule has 2 saturated heterocycles. The lowest BCUT2D eigenvalue weighted by Gasteiger charge is -2.24. The highest BCUT2D eigenvalue weighted by molar-refractivity contribution is 5.97. The van der Waals surface area contributed by atoms with Crippen molar-refractivity contribution in [3.63, 3.8) is 0 Å². The number of hydrogen-bond acceptors (Lipinski definition) is 4. The highest BCUT2D eigenvalue weighted by Crippen LogP contribution is 2.36. The molecule has 2 aliphatic rings. The predicted molar refractivity (Wildman–Crippen MR) is 90.9 cm³/mol. The Morgan fingerprint density at radius 1 is 1.25 bits per heavy atom. The van der Waals surface area contributed by atoms with Gasteiger partial charge in [-0.1, -0.05) is 12.1 Å². The quantitative estimate of drug-likeness (QED) is 0.860. The molecule has 0 spiro atoms. The second-order valence-corrected chi connectivity index (χ2v) is 6.58. The number of rotatable bonds is 4. The van der Waals surface area contributed by atoms with Gasteiger partial charge in [-0.05, 0) is 24.1 Å². The average molecular weight is 326 g/mol. The van der Waals surface area contributed by atoms with Gasteiger partial charge in [0.15, 0.2) is 0 Å². The van der Waals surface area contributed by atoms with Crippen molar-refractivity contribution >= 4 is 11.6 Å². The Balaban J connectivity index is 1.50. The zero-order valence-electron chi connectivity index (χ0n) is 14.1. The molecule has 0 unspecified atom stereocenters. The van der Waals surface area contributed by atoms with Gasteiger partial charge in [0.25, 0.3) is 0 Å². The molecule has 2 atom stereocenters. The Bertz CT molecular complexity index is 740. The number of ether oxygens (including phenoxy) is 1. The van der Waals surface area contributed by atoms with Crippen molar-refractivity contribution in [3.05, 3.63) is 42.2 Å². The Kier molecular flexibility index (Phi) is 3.76. The van der Waals surface area contributed by atoms with E-state index >= 15 is 0 Å². The number of carbonyl (C=O) groups is 1. The maximum atomic E-state index is 12.5. The van der Waals surface area contributed by atoms with Gasteiger partial charge in [0.1, 0.15) is 5.75 Å². The summed E-state index contributed by atoms with van der Waals surface area (Å²) >= 11 is 0. The first-order valence-corrected chi connectivity index (χ1v) is 8.33. The number of aromatic nitrogens is 2. The van der Waals surface area contributed by atoms with Crippen LogP contribution in [0.25, 0.3) is 0 Å². The lowest BCUT2D eigenvalue weighted by Crippen LogP contribution is -2.37. The van der Waals surface area contributed by atoms with E-state index in [0.717, 1.165) is 30.9 Å². The minimum Gasteiger partial charge on any atom is -0.497 e. The van der Waals surface area contributed by atoms with E-state index in [2.05, 4.69) is 22.1 Å². The van der Waals surface area contributed by atoms with Crippen LogP contribution in [0.5, 0.6) is 5.75 Å². The van der Waals surface area contributed by atoms with Gasteiger partial charge in [-0.25, -0.2) is 0 Å². The van der Waals surface area contributed by atoms with Gasteiger partial charge in [-0.2, -0.15) is 5.10 Å². The SMILES string of the molecule is COc1ccc(CN2CC[C@H]3[C@H]2CC(=O)N3c2cnn(C)c2)cc1. The fraction of sp³-hybridized carbons (Fsp3) is 0.444. The van der Waals surface area contributed by atoms with Crippen LogP contribution in [0.4, 0.5) is 5.69 Å². The molecular formula is C18H22N4O2. The third-order valence-electron chi connectivity index (χ3n) is 5.12. The fourth-order valence-electron chi connectivity index (χ4n) is 3.96. The summed E-state index contributed by atoms with van der Waals surface area (Å²) < 4.78 is 6.96. The molecule has 6 heteroatoms. The molecule has 24 heavy (non-hydrogen) atoms. The van der Waals surface area contributed by atoms with Gasteiger partial charge in [0, 0.05) is 38.8 Å². The van der Waals surface area contributed by atoms with Crippen LogP contribution in [0.15, 0.2) is 36.7 Å². The normalized spacial score (nSPS) is 23.8. The Labute approximate surface area is 141 Å². The van der Waals surface area contributed by atoms with Crippen molar-refractivity contribution in [2.24, 2.45) is 7.05 Å². The molecule has 0 aliphatic carbocycles. The van der Waals surface area contributed by atoms with Crippen LogP contribution in [-0.2, 0) is 18.4 Å². The summed E-state index contributed by atoms with van der Waals surface area (Å²) in [7, 11) is 3.56. The molecule has 6 nitrogen and oxygen atoms in total. The van der Waals surface area contributed by atoms with E-state index in [1.807, 2.05) is 30.3 Å². The van der Waals surface area contributed by atoms with E-state index in [1.54, 1.807) is 18.0 Å². The van der Waals surface area contributed by atoms with Gasteiger partial charge in [-0.3, -0.25) is 14.4 Å². The highest BCUT2D eigenvalue weighted by atomic mass is 16.5. The van der Waals surface area contributed by atoms with Crippen LogP contribution in [0.3, 0.4) is 0 Å². The molecule has 3 heterocycles. The van der Waals surface area contributed by atoms with Crippen molar-refractivity contribution in [3.8, 4) is 5.75 Å². The maximum Gasteiger partial charge on any atom is 0.229 e. The number of amides is 1. The van der Waals surface area contributed by atoms with Crippen LogP contribution in [-0.4, -0.2) is 46.3 Å². The topological polar surface area (TPSA) is 50.6 Å². The summed E-state index contributed by atoms with van der Waals surface area (Å²) in [5.74, 6) is 1.08. The van der Waals surface area contributed by atoms with Gasteiger partial charge in [0.2, 0.25) is 5.91 Å². The molecule has 0 N–H and O–H groups in total. The highest BCUT2D eigenvalue weighted by Gasteiger charge is 2.47. The molecule has 2 aliphatic heterocycles. The van der Waals surface area contributed by atoms with Crippen LogP contribution in [0.1, 0.15) is 18.4 Å². The van der Waals surface area contributed by atoms with Crippen molar-refractivity contribution < 1.29 is 9.53 Å². The monoisotopic (exact) mass is 326 g/mol. The number of hydrogen-bond donors (Lipinski definition) is 0. The van der Waals surface area contributed by atoms with Gasteiger partial charge < -0.3 is 9.64 Å². The van der Waals surface area contributed by atoms with Crippen LogP contribution in [0.2, 0.25) is 0 Å². The largest absolute Gasteiger partial charge is 0.497 e. The molecule has 0 radical (unpaired) electrons. The number of aryl methyl sites for hydroxylation is 1. The molecule has 1 aromatic carbocycles. The third kappa shape index (κ3) is 2.57. The maximum absolute atomic E-state index is 12.5. The number of anilines is 1. The molecule has 2 aromatic rings. The molecule has 126 valence electrons. The molecular weight excluding hydrogens is 304 g/mol. The van der Waals surface area contributed by atoms with E-state index in [9.17, 15) is 4.79 Å². The summed E-state index contributed by atoms with van der Waals surface area (Å²) in [4.78, 5) is 16.9. The van der Waals surface area contributed by atoms with E-state index in [1.165, 1.54) is 5.56 Å². The summed E-state index contributed by atoms with van der Waals surface area (Å²) in [5.41, 5.74) is 2.17. The number of fused-ring (bicyclic) bond motifs is 1. The molecule has 4 rings (SSSR count). The van der Waals surface area contributed by atoms with Crippen molar-refractivity contribution in [2.45, 2.75) is 31.5 Å². The number of carbonyl (C=O) groups excluding carboxylic acids is 1. The van der Waals surface area contributed by atoms with Crippen LogP contribution < -0.4 is 9.64 Å². The average Bonchev–Trinajstić information content (AvgIpc) is 3.25. The second-order valence-electron chi connectivity index (χ2n) is 6.58. The minimum atomic E-state index is 0.206. The minimum absolute atomic E-state index is 0.206. The van der Waals surface area contributed by atoms with Crippen molar-refractivity contribution in [1.29, 1.82) is 0 Å². The van der Waals surface area contributed by atoms with E-state index < -0.39 is 0 Å². The van der Waals surface area contributed by atoms with Crippen LogP contribution >= 0.6 is 0 Å². The Morgan fingerprint density at radius 2 is 2.04 bits per heavy atom. The third-order valence-corrected chi connectivity index (χ3v) is 5.12. The lowest BCUT2D eigenvalue weighted by molar-refractivity contribution is -0.117. The molecule has 1 aromatic heterocycles. The van der Waals surface area contributed by atoms with E-state index in [0.29, 0.717) is 12.5 Å². The summed E-state index contributed by atoms with van der Waals surface area (Å²) in [6, 6.07) is 8.73. The standard InChI is InChI=1S/C18H22N4O2/c1-20-12-14(10-19-20)22-16-7-8-21(17(16)9-18(22)23)11-13-3-5-15(24-2)6-4-13/h3-6,10,12,16-17H,7-9,11H2,1-2H3/t16-,17+/m0/s1. The first-order valence-electron chi connectivity index (χ1n) is 8.33. The van der Waals surface area contributed by atoms with Crippen molar-refractivity contribution in [2.75, 3.05) is 18.6 Å². The molecule has 0 saturated carbocycles. The molecule has 0 bridgehead atoms. The zero-order chi connectivity index (χ0) is 16.7. The van der Waals surface area contributed by atoms with Gasteiger partial charge in [0.05, 0.1) is 25.0 Å². The van der Waals surface area contributed by atoms with Crippen LogP contribution in [0, 0.1) is 0 Å². The molecule has 1 amide bonds. The van der Waals surface area contributed by atoms with E-state index in [-0.39, 0.29) is 11.9 Å². The number of methoxy groups -OCH3 is 1. The summed E-state index contributed by atoms with van der Waals surface area (Å²) in [6.07, 6.45) is 5.32. The summed E-state index contributed by atoms with van der Waals surface area (Å²) in [6.45, 7) is 1.89. The predicted octanol–water partition coefficient (Wildman–Crippen LogP) is 1.81. The Hall–Kier alpha value is -2.34. The second kappa shape index (κ2) is 5.94. The summed E-state index contributed by atoms with van der Waals surface area (Å²) in [5, 5.41) is 4.21. The fourth-order valence-corrected chi connectivity index (χ4v) is 3.96. The number of likely N-dealkylation sites (tertiary alicyclic amines) is 1. The number of benzene rings is 1. The first kappa shape index (κ1) is 15.2. The smallest absolute Gasteiger partial charge is 0.229 e. The zero-order valence-corrected chi connectivity index (χ0v) is 14.1. The number of nitrogens with zero attached hydrogens (tertiary/aromatic N) is 4. The lowest BCUT2D eigenvalue weighted by atomic mass is 10.1. The van der Waals surface area contributed by atoms with Gasteiger partial charge >= 0.3 is 0 Å².